The van der Waals surface area contributed by atoms with Crippen LogP contribution in [0.25, 0.3) is 5.76 Å². The lowest BCUT2D eigenvalue weighted by Gasteiger charge is -2.25. The van der Waals surface area contributed by atoms with E-state index in [4.69, 9.17) is 0 Å². The van der Waals surface area contributed by atoms with Crippen LogP contribution in [0.1, 0.15) is 28.3 Å². The Labute approximate surface area is 182 Å². The van der Waals surface area contributed by atoms with E-state index in [0.29, 0.717) is 16.8 Å². The Morgan fingerprint density at radius 3 is 2.40 bits per heavy atom. The number of aliphatic hydroxyl groups excluding tert-OH is 1. The standard InChI is InChI=1S/C24H19BrN2O3/c1-14-6-7-17(12-15(14)2)22(28)20-21(16-8-10-26-11-9-16)27(24(30)23(20)29)19-5-3-4-18(25)13-19/h3-13,21,28H,1-2H3/b22-20+. The zero-order valence-corrected chi connectivity index (χ0v) is 18.1. The van der Waals surface area contributed by atoms with Crippen LogP contribution in [0.2, 0.25) is 0 Å². The van der Waals surface area contributed by atoms with Crippen LogP contribution in [0.5, 0.6) is 0 Å². The summed E-state index contributed by atoms with van der Waals surface area (Å²) in [7, 11) is 0. The van der Waals surface area contributed by atoms with Gasteiger partial charge in [0.1, 0.15) is 5.76 Å². The van der Waals surface area contributed by atoms with Gasteiger partial charge in [0.2, 0.25) is 0 Å². The molecular weight excluding hydrogens is 444 g/mol. The third-order valence-electron chi connectivity index (χ3n) is 5.33. The molecular formula is C24H19BrN2O3. The number of aliphatic hydroxyl groups is 1. The number of hydrogen-bond donors (Lipinski definition) is 1. The molecule has 0 spiro atoms. The average Bonchev–Trinajstić information content (AvgIpc) is 3.01. The molecule has 1 aliphatic heterocycles. The van der Waals surface area contributed by atoms with Crippen molar-refractivity contribution in [1.29, 1.82) is 0 Å². The van der Waals surface area contributed by atoms with Gasteiger partial charge in [-0.2, -0.15) is 0 Å². The first-order valence-corrected chi connectivity index (χ1v) is 10.2. The van der Waals surface area contributed by atoms with Gasteiger partial charge in [0.15, 0.2) is 0 Å². The second kappa shape index (κ2) is 7.88. The smallest absolute Gasteiger partial charge is 0.300 e. The summed E-state index contributed by atoms with van der Waals surface area (Å²) in [5.74, 6) is -1.58. The van der Waals surface area contributed by atoms with Gasteiger partial charge in [-0.1, -0.05) is 34.1 Å². The number of carbonyl (C=O) groups is 2. The van der Waals surface area contributed by atoms with Crippen molar-refractivity contribution in [1.82, 2.24) is 4.98 Å². The van der Waals surface area contributed by atoms with Crippen molar-refractivity contribution in [3.63, 3.8) is 0 Å². The molecule has 5 nitrogen and oxygen atoms in total. The maximum Gasteiger partial charge on any atom is 0.300 e. The Morgan fingerprint density at radius 1 is 1.00 bits per heavy atom. The Balaban J connectivity index is 1.95. The highest BCUT2D eigenvalue weighted by atomic mass is 79.9. The van der Waals surface area contributed by atoms with Crippen molar-refractivity contribution in [3.8, 4) is 0 Å². The van der Waals surface area contributed by atoms with Gasteiger partial charge in [0.05, 0.1) is 11.6 Å². The van der Waals surface area contributed by atoms with Crippen LogP contribution >= 0.6 is 15.9 Å². The number of aryl methyl sites for hydroxylation is 2. The van der Waals surface area contributed by atoms with Crippen molar-refractivity contribution < 1.29 is 14.7 Å². The molecule has 6 heteroatoms. The second-order valence-corrected chi connectivity index (χ2v) is 8.14. The van der Waals surface area contributed by atoms with E-state index in [-0.39, 0.29) is 11.3 Å². The zero-order valence-electron chi connectivity index (χ0n) is 16.5. The molecule has 0 aliphatic carbocycles. The number of amides is 1. The summed E-state index contributed by atoms with van der Waals surface area (Å²) in [5, 5.41) is 11.1. The van der Waals surface area contributed by atoms with Crippen LogP contribution in [0, 0.1) is 13.8 Å². The molecule has 1 saturated heterocycles. The van der Waals surface area contributed by atoms with E-state index in [9.17, 15) is 14.7 Å². The van der Waals surface area contributed by atoms with E-state index >= 15 is 0 Å². The molecule has 1 N–H and O–H groups in total. The molecule has 2 heterocycles. The van der Waals surface area contributed by atoms with Gasteiger partial charge in [0.25, 0.3) is 11.7 Å². The molecule has 1 amide bonds. The van der Waals surface area contributed by atoms with Crippen LogP contribution < -0.4 is 4.90 Å². The summed E-state index contributed by atoms with van der Waals surface area (Å²) >= 11 is 3.42. The van der Waals surface area contributed by atoms with E-state index < -0.39 is 17.7 Å². The number of anilines is 1. The number of halogens is 1. The van der Waals surface area contributed by atoms with Crippen LogP contribution in [0.15, 0.2) is 77.0 Å². The van der Waals surface area contributed by atoms with Gasteiger partial charge in [-0.05, 0) is 66.9 Å². The largest absolute Gasteiger partial charge is 0.507 e. The molecule has 3 aromatic rings. The van der Waals surface area contributed by atoms with Gasteiger partial charge < -0.3 is 5.11 Å². The number of benzene rings is 2. The first-order chi connectivity index (χ1) is 14.4. The van der Waals surface area contributed by atoms with E-state index in [2.05, 4.69) is 20.9 Å². The molecule has 4 rings (SSSR count). The van der Waals surface area contributed by atoms with Crippen LogP contribution in [0.3, 0.4) is 0 Å². The highest BCUT2D eigenvalue weighted by molar-refractivity contribution is 9.10. The molecule has 0 bridgehead atoms. The number of carbonyl (C=O) groups excluding carboxylic acids is 2. The lowest BCUT2D eigenvalue weighted by atomic mass is 9.94. The van der Waals surface area contributed by atoms with Crippen molar-refractivity contribution in [2.45, 2.75) is 19.9 Å². The van der Waals surface area contributed by atoms with Crippen molar-refractivity contribution in [3.05, 3.63) is 99.3 Å². The first-order valence-electron chi connectivity index (χ1n) is 9.42. The van der Waals surface area contributed by atoms with Crippen LogP contribution in [-0.2, 0) is 9.59 Å². The fraction of sp³-hybridized carbons (Fsp3) is 0.125. The number of ketones is 1. The number of aromatic nitrogens is 1. The second-order valence-electron chi connectivity index (χ2n) is 7.23. The highest BCUT2D eigenvalue weighted by Gasteiger charge is 2.47. The molecule has 1 aromatic heterocycles. The zero-order chi connectivity index (χ0) is 21.4. The summed E-state index contributed by atoms with van der Waals surface area (Å²) < 4.78 is 0.782. The van der Waals surface area contributed by atoms with E-state index in [1.54, 1.807) is 48.8 Å². The molecule has 0 saturated carbocycles. The summed E-state index contributed by atoms with van der Waals surface area (Å²) in [4.78, 5) is 31.6. The van der Waals surface area contributed by atoms with Gasteiger partial charge >= 0.3 is 0 Å². The first kappa shape index (κ1) is 20.0. The minimum Gasteiger partial charge on any atom is -0.507 e. The lowest BCUT2D eigenvalue weighted by molar-refractivity contribution is -0.132. The van der Waals surface area contributed by atoms with Crippen molar-refractivity contribution >= 4 is 39.1 Å². The highest BCUT2D eigenvalue weighted by Crippen LogP contribution is 2.42. The van der Waals surface area contributed by atoms with Gasteiger partial charge in [-0.3, -0.25) is 19.5 Å². The third-order valence-corrected chi connectivity index (χ3v) is 5.83. The van der Waals surface area contributed by atoms with Crippen LogP contribution in [-0.4, -0.2) is 21.8 Å². The molecule has 1 atom stereocenters. The number of hydrogen-bond acceptors (Lipinski definition) is 4. The Hall–Kier alpha value is -3.25. The molecule has 150 valence electrons. The Bertz CT molecular complexity index is 1190. The topological polar surface area (TPSA) is 70.5 Å². The quantitative estimate of drug-likeness (QED) is 0.334. The predicted molar refractivity (Wildman–Crippen MR) is 119 cm³/mol. The fourth-order valence-electron chi connectivity index (χ4n) is 3.63. The predicted octanol–water partition coefficient (Wildman–Crippen LogP) is 5.09. The third kappa shape index (κ3) is 3.44. The minimum absolute atomic E-state index is 0.0643. The van der Waals surface area contributed by atoms with Crippen LogP contribution in [0.4, 0.5) is 5.69 Å². The maximum atomic E-state index is 13.1. The normalized spacial score (nSPS) is 18.1. The SMILES string of the molecule is Cc1ccc(/C(O)=C2\C(=O)C(=O)N(c3cccc(Br)c3)C2c2ccncc2)cc1C. The molecule has 1 fully saturated rings. The van der Waals surface area contributed by atoms with E-state index in [0.717, 1.165) is 15.6 Å². The van der Waals surface area contributed by atoms with E-state index in [1.165, 1.54) is 4.90 Å². The van der Waals surface area contributed by atoms with Gasteiger partial charge in [-0.15, -0.1) is 0 Å². The molecule has 0 radical (unpaired) electrons. The van der Waals surface area contributed by atoms with E-state index in [1.807, 2.05) is 32.0 Å². The van der Waals surface area contributed by atoms with Gasteiger partial charge in [0, 0.05) is 28.1 Å². The lowest BCUT2D eigenvalue weighted by Crippen LogP contribution is -2.29. The molecule has 30 heavy (non-hydrogen) atoms. The molecule has 2 aromatic carbocycles. The Morgan fingerprint density at radius 2 is 1.73 bits per heavy atom. The maximum absolute atomic E-state index is 13.1. The summed E-state index contributed by atoms with van der Waals surface area (Å²) in [6, 6.07) is 15.4. The number of nitrogens with zero attached hydrogens (tertiary/aromatic N) is 2. The van der Waals surface area contributed by atoms with Crippen molar-refractivity contribution in [2.75, 3.05) is 4.90 Å². The summed E-state index contributed by atoms with van der Waals surface area (Å²) in [6.45, 7) is 3.91. The molecule has 1 aliphatic rings. The van der Waals surface area contributed by atoms with Gasteiger partial charge in [-0.25, -0.2) is 0 Å². The Kier molecular flexibility index (Phi) is 5.26. The minimum atomic E-state index is -0.760. The summed E-state index contributed by atoms with van der Waals surface area (Å²) in [5.41, 5.74) is 3.88. The molecule has 1 unspecified atom stereocenters. The summed E-state index contributed by atoms with van der Waals surface area (Å²) in [6.07, 6.45) is 3.21. The number of rotatable bonds is 3. The fourth-order valence-corrected chi connectivity index (χ4v) is 4.02. The number of Topliss-reactive ketones (excluding diaryl/α,β-unsaturated/α-hetero) is 1. The monoisotopic (exact) mass is 462 g/mol. The number of pyridine rings is 1. The average molecular weight is 463 g/mol. The van der Waals surface area contributed by atoms with Crippen molar-refractivity contribution in [2.24, 2.45) is 0 Å².